The van der Waals surface area contributed by atoms with E-state index in [0.717, 1.165) is 0 Å². The first-order valence-corrected chi connectivity index (χ1v) is 6.35. The molecule has 1 rings (SSSR count). The third-order valence-corrected chi connectivity index (χ3v) is 2.36. The molecule has 6 heteroatoms. The number of nitrogens with two attached hydrogens (primary N) is 1. The number of nitrogens with one attached hydrogen (secondary N) is 1. The van der Waals surface area contributed by atoms with Crippen LogP contribution in [-0.2, 0) is 9.47 Å². The van der Waals surface area contributed by atoms with E-state index in [1.807, 2.05) is 13.8 Å². The first-order valence-electron chi connectivity index (χ1n) is 6.35. The molecule has 19 heavy (non-hydrogen) atoms. The van der Waals surface area contributed by atoms with Crippen molar-refractivity contribution in [1.29, 1.82) is 0 Å². The Kier molecular flexibility index (Phi) is 6.08. The van der Waals surface area contributed by atoms with Crippen molar-refractivity contribution >= 4 is 17.5 Å². The average molecular weight is 267 g/mol. The molecule has 0 saturated carbocycles. The summed E-state index contributed by atoms with van der Waals surface area (Å²) in [6.07, 6.45) is 1.50. The van der Waals surface area contributed by atoms with Crippen LogP contribution < -0.4 is 11.1 Å². The molecule has 1 atom stereocenters. The highest BCUT2D eigenvalue weighted by atomic mass is 16.5. The Bertz CT molecular complexity index is 424. The van der Waals surface area contributed by atoms with E-state index in [9.17, 15) is 4.79 Å². The lowest BCUT2D eigenvalue weighted by Crippen LogP contribution is -2.24. The predicted molar refractivity (Wildman–Crippen MR) is 74.2 cm³/mol. The van der Waals surface area contributed by atoms with Gasteiger partial charge in [-0.2, -0.15) is 0 Å². The summed E-state index contributed by atoms with van der Waals surface area (Å²) in [5.74, 6) is 0.0215. The number of pyridine rings is 1. The van der Waals surface area contributed by atoms with Crippen molar-refractivity contribution < 1.29 is 14.3 Å². The Hall–Kier alpha value is -1.82. The lowest BCUT2D eigenvalue weighted by Gasteiger charge is -2.16. The molecule has 0 bridgehead atoms. The zero-order valence-electron chi connectivity index (χ0n) is 11.6. The number of nitrogens with zero attached hydrogens (tertiary/aromatic N) is 1. The molecule has 0 radical (unpaired) electrons. The molecule has 0 aliphatic heterocycles. The summed E-state index contributed by atoms with van der Waals surface area (Å²) < 4.78 is 10.3. The summed E-state index contributed by atoms with van der Waals surface area (Å²) in [5, 5.41) is 3.12. The Morgan fingerprint density at radius 1 is 1.47 bits per heavy atom. The standard InChI is InChI=1S/C13H21N3O3/c1-4-18-8-9(3)16-12-11(13(17)19-5-2)6-10(14)7-15-12/h6-7,9H,4-5,8,14H2,1-3H3,(H,15,16). The number of rotatable bonds is 7. The molecule has 1 aromatic rings. The molecule has 0 aliphatic carbocycles. The lowest BCUT2D eigenvalue weighted by atomic mass is 10.2. The monoisotopic (exact) mass is 267 g/mol. The molecule has 0 spiro atoms. The number of ether oxygens (including phenoxy) is 2. The Labute approximate surface area is 113 Å². The van der Waals surface area contributed by atoms with Gasteiger partial charge in [0.2, 0.25) is 0 Å². The predicted octanol–water partition coefficient (Wildman–Crippen LogP) is 1.68. The Morgan fingerprint density at radius 3 is 2.84 bits per heavy atom. The first kappa shape index (κ1) is 15.2. The van der Waals surface area contributed by atoms with Gasteiger partial charge in [0.1, 0.15) is 11.4 Å². The van der Waals surface area contributed by atoms with Gasteiger partial charge in [-0.1, -0.05) is 0 Å². The van der Waals surface area contributed by atoms with Crippen molar-refractivity contribution in [3.8, 4) is 0 Å². The third-order valence-electron chi connectivity index (χ3n) is 2.36. The normalized spacial score (nSPS) is 11.9. The SMILES string of the molecule is CCOCC(C)Nc1ncc(N)cc1C(=O)OCC. The van der Waals surface area contributed by atoms with Crippen LogP contribution in [0.2, 0.25) is 0 Å². The number of esters is 1. The highest BCUT2D eigenvalue weighted by Gasteiger charge is 2.16. The number of nitrogen functional groups attached to an aromatic ring is 1. The smallest absolute Gasteiger partial charge is 0.341 e. The van der Waals surface area contributed by atoms with Crippen LogP contribution in [0.4, 0.5) is 11.5 Å². The van der Waals surface area contributed by atoms with Gasteiger partial charge < -0.3 is 20.5 Å². The minimum atomic E-state index is -0.437. The van der Waals surface area contributed by atoms with E-state index in [1.54, 1.807) is 13.0 Å². The molecule has 1 aromatic heterocycles. The lowest BCUT2D eigenvalue weighted by molar-refractivity contribution is 0.0527. The zero-order valence-corrected chi connectivity index (χ0v) is 11.6. The summed E-state index contributed by atoms with van der Waals surface area (Å²) >= 11 is 0. The van der Waals surface area contributed by atoms with Crippen LogP contribution in [-0.4, -0.2) is 36.8 Å². The van der Waals surface area contributed by atoms with Crippen LogP contribution in [0.15, 0.2) is 12.3 Å². The molecule has 106 valence electrons. The fourth-order valence-corrected chi connectivity index (χ4v) is 1.53. The topological polar surface area (TPSA) is 86.5 Å². The van der Waals surface area contributed by atoms with Gasteiger partial charge in [-0.25, -0.2) is 9.78 Å². The maximum atomic E-state index is 11.8. The largest absolute Gasteiger partial charge is 0.462 e. The van der Waals surface area contributed by atoms with Gasteiger partial charge in [0, 0.05) is 12.6 Å². The van der Waals surface area contributed by atoms with E-state index >= 15 is 0 Å². The maximum Gasteiger partial charge on any atom is 0.341 e. The van der Waals surface area contributed by atoms with Crippen molar-refractivity contribution in [1.82, 2.24) is 4.98 Å². The van der Waals surface area contributed by atoms with Gasteiger partial charge in [-0.15, -0.1) is 0 Å². The molecular weight excluding hydrogens is 246 g/mol. The fraction of sp³-hybridized carbons (Fsp3) is 0.538. The van der Waals surface area contributed by atoms with E-state index in [4.69, 9.17) is 15.2 Å². The fourth-order valence-electron chi connectivity index (χ4n) is 1.53. The van der Waals surface area contributed by atoms with Crippen LogP contribution in [0.1, 0.15) is 31.1 Å². The summed E-state index contributed by atoms with van der Waals surface area (Å²) in [6.45, 7) is 7.11. The first-order chi connectivity index (χ1) is 9.08. The minimum Gasteiger partial charge on any atom is -0.462 e. The molecule has 6 nitrogen and oxygen atoms in total. The molecule has 0 saturated heterocycles. The van der Waals surface area contributed by atoms with E-state index < -0.39 is 5.97 Å². The zero-order chi connectivity index (χ0) is 14.3. The molecule has 0 amide bonds. The number of anilines is 2. The second kappa shape index (κ2) is 7.58. The summed E-state index contributed by atoms with van der Waals surface area (Å²) in [4.78, 5) is 16.0. The molecular formula is C13H21N3O3. The van der Waals surface area contributed by atoms with Crippen LogP contribution in [0, 0.1) is 0 Å². The maximum absolute atomic E-state index is 11.8. The van der Waals surface area contributed by atoms with Crippen LogP contribution in [0.25, 0.3) is 0 Å². The quantitative estimate of drug-likeness (QED) is 0.731. The van der Waals surface area contributed by atoms with Crippen molar-refractivity contribution in [2.45, 2.75) is 26.8 Å². The summed E-state index contributed by atoms with van der Waals surface area (Å²) in [6, 6.07) is 1.59. The number of carbonyl (C=O) groups is 1. The molecule has 0 aromatic carbocycles. The second-order valence-electron chi connectivity index (χ2n) is 4.09. The number of aromatic nitrogens is 1. The molecule has 0 fully saturated rings. The van der Waals surface area contributed by atoms with Gasteiger partial charge in [-0.05, 0) is 26.8 Å². The molecule has 0 aliphatic rings. The highest BCUT2D eigenvalue weighted by Crippen LogP contribution is 2.17. The van der Waals surface area contributed by atoms with Crippen LogP contribution >= 0.6 is 0 Å². The Morgan fingerprint density at radius 2 is 2.21 bits per heavy atom. The third kappa shape index (κ3) is 4.75. The summed E-state index contributed by atoms with van der Waals surface area (Å²) in [5.41, 5.74) is 6.41. The average Bonchev–Trinajstić information content (AvgIpc) is 2.38. The van der Waals surface area contributed by atoms with Crippen LogP contribution in [0.5, 0.6) is 0 Å². The Balaban J connectivity index is 2.84. The summed E-state index contributed by atoms with van der Waals surface area (Å²) in [7, 11) is 0. The molecule has 1 unspecified atom stereocenters. The van der Waals surface area contributed by atoms with E-state index in [0.29, 0.717) is 36.9 Å². The van der Waals surface area contributed by atoms with Crippen molar-refractivity contribution in [3.05, 3.63) is 17.8 Å². The highest BCUT2D eigenvalue weighted by molar-refractivity contribution is 5.95. The number of hydrogen-bond acceptors (Lipinski definition) is 6. The minimum absolute atomic E-state index is 0.0317. The number of hydrogen-bond donors (Lipinski definition) is 2. The van der Waals surface area contributed by atoms with Gasteiger partial charge in [0.05, 0.1) is 25.1 Å². The van der Waals surface area contributed by atoms with Crippen molar-refractivity contribution in [3.63, 3.8) is 0 Å². The van der Waals surface area contributed by atoms with Gasteiger partial charge in [0.15, 0.2) is 0 Å². The van der Waals surface area contributed by atoms with E-state index in [-0.39, 0.29) is 6.04 Å². The van der Waals surface area contributed by atoms with Crippen LogP contribution in [0.3, 0.4) is 0 Å². The van der Waals surface area contributed by atoms with E-state index in [1.165, 1.54) is 6.20 Å². The van der Waals surface area contributed by atoms with Crippen molar-refractivity contribution in [2.24, 2.45) is 0 Å². The van der Waals surface area contributed by atoms with Crippen molar-refractivity contribution in [2.75, 3.05) is 30.9 Å². The van der Waals surface area contributed by atoms with Gasteiger partial charge in [0.25, 0.3) is 0 Å². The van der Waals surface area contributed by atoms with E-state index in [2.05, 4.69) is 10.3 Å². The molecule has 3 N–H and O–H groups in total. The van der Waals surface area contributed by atoms with Gasteiger partial charge in [-0.3, -0.25) is 0 Å². The van der Waals surface area contributed by atoms with Gasteiger partial charge >= 0.3 is 5.97 Å². The number of carbonyl (C=O) groups excluding carboxylic acids is 1. The second-order valence-corrected chi connectivity index (χ2v) is 4.09. The molecule has 1 heterocycles.